The van der Waals surface area contributed by atoms with Crippen molar-refractivity contribution in [2.24, 2.45) is 67.3 Å². The lowest BCUT2D eigenvalue weighted by Crippen LogP contribution is -2.70. The first-order valence-corrected chi connectivity index (χ1v) is 17.8. The number of hydrogen-bond acceptors (Lipinski definition) is 7. The molecule has 5 saturated carbocycles. The Morgan fingerprint density at radius 2 is 1.49 bits per heavy atom. The lowest BCUT2D eigenvalue weighted by atomic mass is 9.29. The molecule has 0 aromatic carbocycles. The van der Waals surface area contributed by atoms with Gasteiger partial charge in [-0.1, -0.05) is 53.7 Å². The molecule has 0 bridgehead atoms. The van der Waals surface area contributed by atoms with Gasteiger partial charge in [0, 0.05) is 18.9 Å². The van der Waals surface area contributed by atoms with Gasteiger partial charge in [0.2, 0.25) is 0 Å². The normalized spacial score (nSPS) is 45.4. The molecule has 0 heterocycles. The summed E-state index contributed by atoms with van der Waals surface area (Å²) in [6.07, 6.45) is 9.95. The Balaban J connectivity index is 1.49. The molecule has 10 atom stereocenters. The summed E-state index contributed by atoms with van der Waals surface area (Å²) in [5.74, 6) is 1.04. The lowest BCUT2D eigenvalue weighted by Gasteiger charge is -2.75. The fourth-order valence-corrected chi connectivity index (χ4v) is 12.7. The van der Waals surface area contributed by atoms with Gasteiger partial charge in [0.1, 0.15) is 12.7 Å². The Bertz CT molecular complexity index is 1190. The van der Waals surface area contributed by atoms with E-state index >= 15 is 0 Å². The van der Waals surface area contributed by atoms with Crippen LogP contribution in [-0.4, -0.2) is 54.6 Å². The topological polar surface area (TPSA) is 119 Å². The number of hydrogen-bond donors (Lipinski definition) is 3. The average molecular weight is 630 g/mol. The maximum Gasteiger partial charge on any atom is 0.312 e. The summed E-state index contributed by atoms with van der Waals surface area (Å²) in [5, 5.41) is 19.9. The minimum Gasteiger partial charge on any atom is -0.464 e. The molecule has 0 spiro atoms. The highest BCUT2D eigenvalue weighted by Gasteiger charge is 2.74. The van der Waals surface area contributed by atoms with E-state index in [0.29, 0.717) is 11.8 Å². The summed E-state index contributed by atoms with van der Waals surface area (Å²) in [6.45, 7) is 22.4. The van der Waals surface area contributed by atoms with Crippen LogP contribution in [-0.2, 0) is 19.1 Å². The summed E-state index contributed by atoms with van der Waals surface area (Å²) < 4.78 is 12.0. The summed E-state index contributed by atoms with van der Waals surface area (Å²) in [5.41, 5.74) is 5.70. The molecular formula is C38H63NO6. The van der Waals surface area contributed by atoms with Gasteiger partial charge in [-0.25, -0.2) is 0 Å². The Morgan fingerprint density at radius 3 is 2.07 bits per heavy atom. The van der Waals surface area contributed by atoms with Crippen LogP contribution in [0.4, 0.5) is 0 Å². The van der Waals surface area contributed by atoms with E-state index in [1.54, 1.807) is 6.92 Å². The molecule has 0 unspecified atom stereocenters. The van der Waals surface area contributed by atoms with E-state index in [4.69, 9.17) is 15.2 Å². The van der Waals surface area contributed by atoms with E-state index in [9.17, 15) is 19.8 Å². The van der Waals surface area contributed by atoms with Crippen molar-refractivity contribution in [2.75, 3.05) is 26.4 Å². The number of esters is 2. The van der Waals surface area contributed by atoms with Crippen molar-refractivity contribution in [1.82, 2.24) is 0 Å². The SMILES string of the molecule is C=C(C)[C@@H]1CC[C@]2(C(=O)OCC(CN)(CO)CO)CC[C@]3(C)[C@H](CC[C@@H]4[C@@]5(C)CC[C@H](OC(C)=O)C(C)(C)[C@]5(C)CC[C@]43C)[C@@H]12. The highest BCUT2D eigenvalue weighted by Crippen LogP contribution is 2.80. The van der Waals surface area contributed by atoms with E-state index in [1.165, 1.54) is 5.57 Å². The number of aliphatic hydroxyl groups excluding tert-OH is 2. The van der Waals surface area contributed by atoms with Gasteiger partial charge >= 0.3 is 11.9 Å². The van der Waals surface area contributed by atoms with Crippen LogP contribution < -0.4 is 5.73 Å². The van der Waals surface area contributed by atoms with Gasteiger partial charge in [-0.3, -0.25) is 9.59 Å². The minimum absolute atomic E-state index is 0.0382. The Kier molecular flexibility index (Phi) is 8.78. The van der Waals surface area contributed by atoms with Crippen molar-refractivity contribution in [3.63, 3.8) is 0 Å². The smallest absolute Gasteiger partial charge is 0.312 e. The number of nitrogens with two attached hydrogens (primary N) is 1. The molecule has 0 aromatic heterocycles. The molecule has 5 rings (SSSR count). The van der Waals surface area contributed by atoms with Gasteiger partial charge in [0.25, 0.3) is 0 Å². The molecule has 0 saturated heterocycles. The quantitative estimate of drug-likeness (QED) is 0.209. The lowest BCUT2D eigenvalue weighted by molar-refractivity contribution is -0.281. The second-order valence-electron chi connectivity index (χ2n) is 17.9. The molecule has 7 nitrogen and oxygen atoms in total. The zero-order valence-corrected chi connectivity index (χ0v) is 29.6. The van der Waals surface area contributed by atoms with E-state index in [1.807, 2.05) is 0 Å². The zero-order valence-electron chi connectivity index (χ0n) is 29.6. The number of aliphatic hydroxyl groups is 2. The van der Waals surface area contributed by atoms with Crippen molar-refractivity contribution in [3.8, 4) is 0 Å². The second kappa shape index (κ2) is 11.3. The van der Waals surface area contributed by atoms with Crippen molar-refractivity contribution < 1.29 is 29.3 Å². The van der Waals surface area contributed by atoms with Crippen LogP contribution in [0.25, 0.3) is 0 Å². The number of fused-ring (bicyclic) bond motifs is 7. The van der Waals surface area contributed by atoms with Crippen molar-refractivity contribution in [3.05, 3.63) is 12.2 Å². The fraction of sp³-hybridized carbons (Fsp3) is 0.895. The number of rotatable bonds is 8. The first kappa shape index (κ1) is 34.9. The monoisotopic (exact) mass is 629 g/mol. The van der Waals surface area contributed by atoms with Gasteiger partial charge in [-0.05, 0) is 116 Å². The third-order valence-electron chi connectivity index (χ3n) is 16.4. The van der Waals surface area contributed by atoms with Crippen LogP contribution in [0.3, 0.4) is 0 Å². The first-order valence-electron chi connectivity index (χ1n) is 17.8. The highest BCUT2D eigenvalue weighted by molar-refractivity contribution is 5.78. The maximum absolute atomic E-state index is 14.3. The van der Waals surface area contributed by atoms with Crippen LogP contribution in [0.1, 0.15) is 120 Å². The molecule has 5 aliphatic rings. The molecule has 4 N–H and O–H groups in total. The van der Waals surface area contributed by atoms with E-state index in [2.05, 4.69) is 55.0 Å². The molecule has 0 amide bonds. The predicted molar refractivity (Wildman–Crippen MR) is 176 cm³/mol. The Hall–Kier alpha value is -1.44. The van der Waals surface area contributed by atoms with Crippen LogP contribution in [0.15, 0.2) is 12.2 Å². The zero-order chi connectivity index (χ0) is 33.4. The van der Waals surface area contributed by atoms with E-state index in [-0.39, 0.29) is 83.3 Å². The third-order valence-corrected chi connectivity index (χ3v) is 16.4. The van der Waals surface area contributed by atoms with Crippen molar-refractivity contribution >= 4 is 11.9 Å². The summed E-state index contributed by atoms with van der Waals surface area (Å²) in [6, 6.07) is 0. The molecule has 45 heavy (non-hydrogen) atoms. The van der Waals surface area contributed by atoms with Crippen molar-refractivity contribution in [2.45, 2.75) is 126 Å². The minimum atomic E-state index is -1.02. The van der Waals surface area contributed by atoms with Crippen LogP contribution >= 0.6 is 0 Å². The summed E-state index contributed by atoms with van der Waals surface area (Å²) in [4.78, 5) is 26.4. The van der Waals surface area contributed by atoms with Gasteiger partial charge < -0.3 is 25.4 Å². The maximum atomic E-state index is 14.3. The molecular weight excluding hydrogens is 566 g/mol. The van der Waals surface area contributed by atoms with Gasteiger partial charge in [-0.2, -0.15) is 0 Å². The third kappa shape index (κ3) is 4.59. The second-order valence-corrected chi connectivity index (χ2v) is 17.9. The fourth-order valence-electron chi connectivity index (χ4n) is 12.7. The molecule has 0 radical (unpaired) electrons. The molecule has 0 aromatic rings. The van der Waals surface area contributed by atoms with Gasteiger partial charge in [0.05, 0.1) is 24.0 Å². The molecule has 7 heteroatoms. The highest BCUT2D eigenvalue weighted by atomic mass is 16.5. The Labute approximate surface area is 272 Å². The van der Waals surface area contributed by atoms with E-state index in [0.717, 1.165) is 64.2 Å². The standard InChI is InChI=1S/C38H63NO6/c1-24(2)26-12-15-38(31(43)44-23-37(20-39,21-40)22-41)19-17-33(6)27(30(26)38)10-11-28-34(33,7)16-18-36(9)32(4,5)29(45-25(3)42)13-14-35(28,36)8/h26-30,40-41H,1,10-23,39H2,2-9H3/t26-,27+,28-,29-,30+,33+,34+,35+,36-,38-/m0/s1. The summed E-state index contributed by atoms with van der Waals surface area (Å²) >= 11 is 0. The molecule has 256 valence electrons. The molecule has 0 aliphatic heterocycles. The predicted octanol–water partition coefficient (Wildman–Crippen LogP) is 6.44. The van der Waals surface area contributed by atoms with Crippen LogP contribution in [0, 0.1) is 61.6 Å². The van der Waals surface area contributed by atoms with Crippen LogP contribution in [0.2, 0.25) is 0 Å². The molecule has 5 fully saturated rings. The number of carbonyl (C=O) groups is 2. The number of carbonyl (C=O) groups excluding carboxylic acids is 2. The number of allylic oxidation sites excluding steroid dienone is 1. The summed E-state index contributed by atoms with van der Waals surface area (Å²) in [7, 11) is 0. The number of ether oxygens (including phenoxy) is 2. The van der Waals surface area contributed by atoms with E-state index < -0.39 is 10.8 Å². The van der Waals surface area contributed by atoms with Crippen molar-refractivity contribution in [1.29, 1.82) is 0 Å². The average Bonchev–Trinajstić information content (AvgIpc) is 3.39. The largest absolute Gasteiger partial charge is 0.464 e. The van der Waals surface area contributed by atoms with Crippen LogP contribution in [0.5, 0.6) is 0 Å². The Morgan fingerprint density at radius 1 is 0.844 bits per heavy atom. The molecule has 5 aliphatic carbocycles. The van der Waals surface area contributed by atoms with Gasteiger partial charge in [-0.15, -0.1) is 0 Å². The van der Waals surface area contributed by atoms with Gasteiger partial charge in [0.15, 0.2) is 0 Å². The first-order chi connectivity index (χ1) is 20.9.